The minimum atomic E-state index is -0.618. The first-order chi connectivity index (χ1) is 14.0. The second-order valence-corrected chi connectivity index (χ2v) is 8.41. The van der Waals surface area contributed by atoms with Crippen molar-refractivity contribution in [2.75, 3.05) is 13.1 Å². The summed E-state index contributed by atoms with van der Waals surface area (Å²) in [4.78, 5) is 0. The number of aryl methyl sites for hydroxylation is 4. The number of fused-ring (bicyclic) bond motifs is 2. The third-order valence-corrected chi connectivity index (χ3v) is 5.95. The minimum Gasteiger partial charge on any atom is -0.487 e. The van der Waals surface area contributed by atoms with Gasteiger partial charge in [0, 0.05) is 13.1 Å². The first-order valence-corrected chi connectivity index (χ1v) is 10.6. The molecule has 2 aliphatic rings. The van der Waals surface area contributed by atoms with E-state index in [9.17, 15) is 10.2 Å². The van der Waals surface area contributed by atoms with Crippen molar-refractivity contribution < 1.29 is 19.7 Å². The maximum atomic E-state index is 10.5. The first kappa shape index (κ1) is 20.2. The largest absolute Gasteiger partial charge is 0.487 e. The minimum absolute atomic E-state index is 0.226. The van der Waals surface area contributed by atoms with E-state index in [0.29, 0.717) is 13.1 Å². The lowest BCUT2D eigenvalue weighted by molar-refractivity contribution is 0.00899. The van der Waals surface area contributed by atoms with Crippen LogP contribution in [0, 0.1) is 13.8 Å². The van der Waals surface area contributed by atoms with E-state index in [4.69, 9.17) is 9.47 Å². The Morgan fingerprint density at radius 1 is 0.828 bits per heavy atom. The molecule has 0 fully saturated rings. The molecule has 5 nitrogen and oxygen atoms in total. The van der Waals surface area contributed by atoms with Crippen molar-refractivity contribution in [1.29, 1.82) is 0 Å². The second kappa shape index (κ2) is 8.74. The zero-order chi connectivity index (χ0) is 20.4. The van der Waals surface area contributed by atoms with Crippen molar-refractivity contribution in [3.63, 3.8) is 0 Å². The van der Waals surface area contributed by atoms with Gasteiger partial charge in [-0.25, -0.2) is 0 Å². The van der Waals surface area contributed by atoms with Crippen LogP contribution in [0.3, 0.4) is 0 Å². The number of nitrogens with one attached hydrogen (secondary N) is 1. The SMILES string of the molecule is Cc1ccc2c(c1)CCC(C(O)CNCC(O)C1CCc3cc(C)ccc3O1)O2. The molecule has 0 bridgehead atoms. The molecule has 2 aliphatic heterocycles. The topological polar surface area (TPSA) is 71.0 Å². The summed E-state index contributed by atoms with van der Waals surface area (Å²) in [6.07, 6.45) is 1.73. The lowest BCUT2D eigenvalue weighted by atomic mass is 9.97. The van der Waals surface area contributed by atoms with Crippen LogP contribution < -0.4 is 14.8 Å². The van der Waals surface area contributed by atoms with E-state index < -0.39 is 12.2 Å². The molecule has 0 amide bonds. The molecule has 0 saturated heterocycles. The highest BCUT2D eigenvalue weighted by Crippen LogP contribution is 2.30. The highest BCUT2D eigenvalue weighted by atomic mass is 16.5. The molecule has 0 spiro atoms. The third kappa shape index (κ3) is 4.74. The average molecular weight is 398 g/mol. The standard InChI is InChI=1S/C24H31NO4/c1-15-3-7-21-17(11-15)5-9-23(28-21)19(26)13-25-14-20(27)24-10-6-18-12-16(2)4-8-22(18)29-24/h3-4,7-8,11-12,19-20,23-27H,5-6,9-10,13-14H2,1-2H3. The van der Waals surface area contributed by atoms with Gasteiger partial charge in [0.25, 0.3) is 0 Å². The Labute approximate surface area is 172 Å². The molecule has 5 heteroatoms. The number of aliphatic hydroxyl groups excluding tert-OH is 2. The van der Waals surface area contributed by atoms with Gasteiger partial charge in [0.1, 0.15) is 35.9 Å². The predicted molar refractivity (Wildman–Crippen MR) is 113 cm³/mol. The summed E-state index contributed by atoms with van der Waals surface area (Å²) >= 11 is 0. The Balaban J connectivity index is 1.24. The summed E-state index contributed by atoms with van der Waals surface area (Å²) in [7, 11) is 0. The van der Waals surface area contributed by atoms with Crippen molar-refractivity contribution in [3.8, 4) is 11.5 Å². The summed E-state index contributed by atoms with van der Waals surface area (Å²) in [5.41, 5.74) is 4.87. The molecule has 0 aromatic heterocycles. The molecular formula is C24H31NO4. The molecule has 3 N–H and O–H groups in total. The predicted octanol–water partition coefficient (Wildman–Crippen LogP) is 2.70. The fourth-order valence-corrected chi connectivity index (χ4v) is 4.26. The van der Waals surface area contributed by atoms with Crippen LogP contribution in [0.1, 0.15) is 35.1 Å². The van der Waals surface area contributed by atoms with Crippen LogP contribution >= 0.6 is 0 Å². The van der Waals surface area contributed by atoms with Gasteiger partial charge in [-0.3, -0.25) is 0 Å². The van der Waals surface area contributed by atoms with Gasteiger partial charge in [-0.15, -0.1) is 0 Å². The molecular weight excluding hydrogens is 366 g/mol. The average Bonchev–Trinajstić information content (AvgIpc) is 2.72. The Morgan fingerprint density at radius 3 is 1.72 bits per heavy atom. The van der Waals surface area contributed by atoms with Gasteiger partial charge in [-0.2, -0.15) is 0 Å². The number of hydrogen-bond acceptors (Lipinski definition) is 5. The van der Waals surface area contributed by atoms with E-state index >= 15 is 0 Å². The number of rotatable bonds is 6. The number of benzene rings is 2. The highest BCUT2D eigenvalue weighted by molar-refractivity contribution is 5.39. The van der Waals surface area contributed by atoms with E-state index in [1.807, 2.05) is 24.3 Å². The van der Waals surface area contributed by atoms with E-state index in [1.54, 1.807) is 0 Å². The quantitative estimate of drug-likeness (QED) is 0.699. The van der Waals surface area contributed by atoms with Gasteiger partial charge in [-0.05, 0) is 62.8 Å². The summed E-state index contributed by atoms with van der Waals surface area (Å²) in [6, 6.07) is 12.3. The molecule has 2 aromatic carbocycles. The van der Waals surface area contributed by atoms with Gasteiger partial charge in [0.2, 0.25) is 0 Å². The zero-order valence-corrected chi connectivity index (χ0v) is 17.2. The van der Waals surface area contributed by atoms with Crippen molar-refractivity contribution in [3.05, 3.63) is 58.7 Å². The maximum absolute atomic E-state index is 10.5. The number of ether oxygens (including phenoxy) is 2. The van der Waals surface area contributed by atoms with E-state index in [2.05, 4.69) is 31.3 Å². The molecule has 2 heterocycles. The van der Waals surface area contributed by atoms with Gasteiger partial charge < -0.3 is 25.0 Å². The molecule has 4 atom stereocenters. The fourth-order valence-electron chi connectivity index (χ4n) is 4.26. The van der Waals surface area contributed by atoms with Crippen LogP contribution in [-0.4, -0.2) is 47.7 Å². The van der Waals surface area contributed by atoms with Crippen molar-refractivity contribution >= 4 is 0 Å². The van der Waals surface area contributed by atoms with Crippen LogP contribution in [0.25, 0.3) is 0 Å². The molecule has 4 unspecified atom stereocenters. The highest BCUT2D eigenvalue weighted by Gasteiger charge is 2.28. The van der Waals surface area contributed by atoms with E-state index in [0.717, 1.165) is 37.2 Å². The van der Waals surface area contributed by atoms with Gasteiger partial charge in [0.15, 0.2) is 0 Å². The number of aliphatic hydroxyl groups is 2. The second-order valence-electron chi connectivity index (χ2n) is 8.41. The number of hydrogen-bond donors (Lipinski definition) is 3. The Morgan fingerprint density at radius 2 is 1.28 bits per heavy atom. The lowest BCUT2D eigenvalue weighted by Gasteiger charge is -2.31. The Bertz CT molecular complexity index is 783. The molecule has 0 aliphatic carbocycles. The van der Waals surface area contributed by atoms with Crippen molar-refractivity contribution in [2.45, 2.75) is 63.9 Å². The van der Waals surface area contributed by atoms with Crippen molar-refractivity contribution in [1.82, 2.24) is 5.32 Å². The molecule has 2 aromatic rings. The summed E-state index contributed by atoms with van der Waals surface area (Å²) in [5.74, 6) is 1.74. The summed E-state index contributed by atoms with van der Waals surface area (Å²) in [6.45, 7) is 4.91. The molecule has 156 valence electrons. The van der Waals surface area contributed by atoms with Gasteiger partial charge in [-0.1, -0.05) is 35.4 Å². The lowest BCUT2D eigenvalue weighted by Crippen LogP contribution is -2.46. The Hall–Kier alpha value is -2.08. The Kier molecular flexibility index (Phi) is 6.09. The maximum Gasteiger partial charge on any atom is 0.126 e. The van der Waals surface area contributed by atoms with Gasteiger partial charge in [0.05, 0.1) is 0 Å². The van der Waals surface area contributed by atoms with Crippen molar-refractivity contribution in [2.24, 2.45) is 0 Å². The first-order valence-electron chi connectivity index (χ1n) is 10.6. The van der Waals surface area contributed by atoms with Crippen LogP contribution in [0.2, 0.25) is 0 Å². The molecule has 0 saturated carbocycles. The van der Waals surface area contributed by atoms with E-state index in [-0.39, 0.29) is 12.2 Å². The zero-order valence-electron chi connectivity index (χ0n) is 17.2. The van der Waals surface area contributed by atoms with Crippen LogP contribution in [0.15, 0.2) is 36.4 Å². The monoisotopic (exact) mass is 397 g/mol. The molecule has 4 rings (SSSR count). The molecule has 0 radical (unpaired) electrons. The van der Waals surface area contributed by atoms with E-state index in [1.165, 1.54) is 22.3 Å². The molecule has 29 heavy (non-hydrogen) atoms. The van der Waals surface area contributed by atoms with Crippen LogP contribution in [0.5, 0.6) is 11.5 Å². The normalized spacial score (nSPS) is 22.6. The van der Waals surface area contributed by atoms with Gasteiger partial charge >= 0.3 is 0 Å². The van der Waals surface area contributed by atoms with Crippen LogP contribution in [-0.2, 0) is 12.8 Å². The fraction of sp³-hybridized carbons (Fsp3) is 0.500. The van der Waals surface area contributed by atoms with Crippen LogP contribution in [0.4, 0.5) is 0 Å². The smallest absolute Gasteiger partial charge is 0.126 e. The summed E-state index contributed by atoms with van der Waals surface area (Å²) in [5, 5.41) is 24.3. The summed E-state index contributed by atoms with van der Waals surface area (Å²) < 4.78 is 12.0. The third-order valence-electron chi connectivity index (χ3n) is 5.95.